The molecule has 1 heterocycles. The van der Waals surface area contributed by atoms with Crippen LogP contribution in [0.1, 0.15) is 26.7 Å². The van der Waals surface area contributed by atoms with Crippen LogP contribution in [0.25, 0.3) is 0 Å². The van der Waals surface area contributed by atoms with Crippen LogP contribution in [-0.4, -0.2) is 41.7 Å². The minimum atomic E-state index is -0.255. The zero-order valence-electron chi connectivity index (χ0n) is 9.65. The highest BCUT2D eigenvalue weighted by molar-refractivity contribution is 5.78. The first-order chi connectivity index (χ1) is 7.06. The summed E-state index contributed by atoms with van der Waals surface area (Å²) in [5.74, 6) is 0.428. The van der Waals surface area contributed by atoms with Crippen molar-refractivity contribution in [2.24, 2.45) is 17.6 Å². The van der Waals surface area contributed by atoms with Gasteiger partial charge in [0.2, 0.25) is 5.91 Å². The van der Waals surface area contributed by atoms with E-state index >= 15 is 0 Å². The third kappa shape index (κ3) is 3.18. The zero-order valence-corrected chi connectivity index (χ0v) is 9.65. The van der Waals surface area contributed by atoms with Crippen molar-refractivity contribution in [2.45, 2.75) is 32.8 Å². The molecule has 0 bridgehead atoms. The van der Waals surface area contributed by atoms with Crippen molar-refractivity contribution in [1.82, 2.24) is 4.90 Å². The number of amides is 1. The molecule has 0 saturated carbocycles. The third-order valence-corrected chi connectivity index (χ3v) is 3.31. The van der Waals surface area contributed by atoms with E-state index in [2.05, 4.69) is 0 Å². The van der Waals surface area contributed by atoms with Gasteiger partial charge in [-0.25, -0.2) is 0 Å². The summed E-state index contributed by atoms with van der Waals surface area (Å²) in [7, 11) is 0. The molecule has 1 fully saturated rings. The van der Waals surface area contributed by atoms with Gasteiger partial charge in [0.15, 0.2) is 0 Å². The van der Waals surface area contributed by atoms with Gasteiger partial charge in [-0.05, 0) is 25.7 Å². The maximum Gasteiger partial charge on any atom is 0.226 e. The zero-order chi connectivity index (χ0) is 11.4. The van der Waals surface area contributed by atoms with Gasteiger partial charge < -0.3 is 15.7 Å². The number of hydrogen-bond acceptors (Lipinski definition) is 3. The lowest BCUT2D eigenvalue weighted by molar-refractivity contribution is -0.136. The topological polar surface area (TPSA) is 66.6 Å². The predicted molar refractivity (Wildman–Crippen MR) is 59.2 cm³/mol. The molecule has 1 aliphatic rings. The van der Waals surface area contributed by atoms with Gasteiger partial charge in [0.1, 0.15) is 0 Å². The van der Waals surface area contributed by atoms with E-state index in [1.54, 1.807) is 0 Å². The summed E-state index contributed by atoms with van der Waals surface area (Å²) in [6.07, 6.45) is 1.55. The third-order valence-electron chi connectivity index (χ3n) is 3.31. The minimum Gasteiger partial charge on any atom is -0.393 e. The van der Waals surface area contributed by atoms with Gasteiger partial charge in [0.25, 0.3) is 0 Å². The smallest absolute Gasteiger partial charge is 0.226 e. The molecule has 0 spiro atoms. The number of carbonyl (C=O) groups excluding carboxylic acids is 1. The maximum atomic E-state index is 11.8. The summed E-state index contributed by atoms with van der Waals surface area (Å²) < 4.78 is 0. The first-order valence-electron chi connectivity index (χ1n) is 5.73. The number of likely N-dealkylation sites (tertiary alicyclic amines) is 1. The molecule has 0 aromatic rings. The second kappa shape index (κ2) is 5.47. The van der Waals surface area contributed by atoms with Crippen LogP contribution < -0.4 is 5.73 Å². The molecule has 1 aliphatic heterocycles. The molecule has 2 atom stereocenters. The van der Waals surface area contributed by atoms with E-state index in [1.807, 2.05) is 18.7 Å². The average molecular weight is 214 g/mol. The van der Waals surface area contributed by atoms with Crippen LogP contribution in [0, 0.1) is 11.8 Å². The van der Waals surface area contributed by atoms with Gasteiger partial charge in [0.05, 0.1) is 6.10 Å². The molecule has 4 nitrogen and oxygen atoms in total. The minimum absolute atomic E-state index is 0.0758. The molecule has 1 saturated heterocycles. The van der Waals surface area contributed by atoms with Gasteiger partial charge in [-0.15, -0.1) is 0 Å². The number of hydrogen-bond donors (Lipinski definition) is 2. The maximum absolute atomic E-state index is 11.8. The number of aliphatic hydroxyl groups excluding tert-OH is 1. The Morgan fingerprint density at radius 3 is 2.40 bits per heavy atom. The Morgan fingerprint density at radius 2 is 2.00 bits per heavy atom. The number of rotatable bonds is 3. The van der Waals surface area contributed by atoms with Gasteiger partial charge in [-0.1, -0.05) is 6.92 Å². The first kappa shape index (κ1) is 12.5. The Hall–Kier alpha value is -0.610. The van der Waals surface area contributed by atoms with Gasteiger partial charge in [0, 0.05) is 25.6 Å². The van der Waals surface area contributed by atoms with Gasteiger partial charge in [-0.2, -0.15) is 0 Å². The molecule has 15 heavy (non-hydrogen) atoms. The summed E-state index contributed by atoms with van der Waals surface area (Å²) in [6, 6.07) is 0. The van der Waals surface area contributed by atoms with Gasteiger partial charge >= 0.3 is 0 Å². The molecule has 88 valence electrons. The van der Waals surface area contributed by atoms with Crippen LogP contribution in [0.3, 0.4) is 0 Å². The summed E-state index contributed by atoms with van der Waals surface area (Å²) in [6.45, 7) is 5.63. The van der Waals surface area contributed by atoms with E-state index in [0.29, 0.717) is 12.5 Å². The number of carbonyl (C=O) groups is 1. The quantitative estimate of drug-likeness (QED) is 0.705. The molecule has 1 amide bonds. The molecule has 2 unspecified atom stereocenters. The van der Waals surface area contributed by atoms with E-state index < -0.39 is 0 Å². The summed E-state index contributed by atoms with van der Waals surface area (Å²) in [5.41, 5.74) is 5.47. The summed E-state index contributed by atoms with van der Waals surface area (Å²) in [5, 5.41) is 9.43. The Balaban J connectivity index is 2.40. The fraction of sp³-hybridized carbons (Fsp3) is 0.909. The van der Waals surface area contributed by atoms with Crippen LogP contribution in [0.15, 0.2) is 0 Å². The lowest BCUT2D eigenvalue weighted by Crippen LogP contribution is -2.44. The normalized spacial score (nSPS) is 22.5. The second-order valence-electron chi connectivity index (χ2n) is 4.54. The van der Waals surface area contributed by atoms with Crippen molar-refractivity contribution in [3.63, 3.8) is 0 Å². The number of nitrogens with two attached hydrogens (primary N) is 1. The Bertz CT molecular complexity index is 211. The molecule has 0 radical (unpaired) electrons. The number of nitrogens with zero attached hydrogens (tertiary/aromatic N) is 1. The lowest BCUT2D eigenvalue weighted by Gasteiger charge is -2.34. The van der Waals surface area contributed by atoms with E-state index in [4.69, 9.17) is 5.73 Å². The standard InChI is InChI=1S/C11H22N2O2/c1-8(7-12)11(15)13-5-3-10(4-6-13)9(2)14/h8-10,14H,3-7,12H2,1-2H3. The van der Waals surface area contributed by atoms with E-state index in [0.717, 1.165) is 25.9 Å². The molecular weight excluding hydrogens is 192 g/mol. The molecule has 1 rings (SSSR count). The fourth-order valence-corrected chi connectivity index (χ4v) is 2.01. The van der Waals surface area contributed by atoms with Crippen molar-refractivity contribution >= 4 is 5.91 Å². The van der Waals surface area contributed by atoms with Crippen molar-refractivity contribution in [2.75, 3.05) is 19.6 Å². The average Bonchev–Trinajstić information content (AvgIpc) is 2.27. The molecule has 4 heteroatoms. The van der Waals surface area contributed by atoms with Crippen LogP contribution in [0.2, 0.25) is 0 Å². The Morgan fingerprint density at radius 1 is 1.47 bits per heavy atom. The second-order valence-corrected chi connectivity index (χ2v) is 4.54. The highest BCUT2D eigenvalue weighted by Gasteiger charge is 2.27. The highest BCUT2D eigenvalue weighted by atomic mass is 16.3. The van der Waals surface area contributed by atoms with Gasteiger partial charge in [-0.3, -0.25) is 4.79 Å². The molecule has 0 aromatic heterocycles. The monoisotopic (exact) mass is 214 g/mol. The molecule has 0 aromatic carbocycles. The fourth-order valence-electron chi connectivity index (χ4n) is 2.01. The molecular formula is C11H22N2O2. The summed E-state index contributed by atoms with van der Waals surface area (Å²) in [4.78, 5) is 13.7. The SMILES string of the molecule is CC(CN)C(=O)N1CCC(C(C)O)CC1. The van der Waals surface area contributed by atoms with Crippen LogP contribution in [0.4, 0.5) is 0 Å². The van der Waals surface area contributed by atoms with E-state index in [-0.39, 0.29) is 17.9 Å². The first-order valence-corrected chi connectivity index (χ1v) is 5.73. The predicted octanol–water partition coefficient (Wildman–Crippen LogP) is 0.201. The largest absolute Gasteiger partial charge is 0.393 e. The highest BCUT2D eigenvalue weighted by Crippen LogP contribution is 2.21. The Labute approximate surface area is 91.4 Å². The van der Waals surface area contributed by atoms with Crippen LogP contribution >= 0.6 is 0 Å². The summed E-state index contributed by atoms with van der Waals surface area (Å²) >= 11 is 0. The van der Waals surface area contributed by atoms with Crippen LogP contribution in [0.5, 0.6) is 0 Å². The lowest BCUT2D eigenvalue weighted by atomic mass is 9.91. The van der Waals surface area contributed by atoms with E-state index in [9.17, 15) is 9.90 Å². The number of aliphatic hydroxyl groups is 1. The van der Waals surface area contributed by atoms with Crippen molar-refractivity contribution in [1.29, 1.82) is 0 Å². The van der Waals surface area contributed by atoms with Crippen molar-refractivity contribution in [3.8, 4) is 0 Å². The van der Waals surface area contributed by atoms with Crippen molar-refractivity contribution < 1.29 is 9.90 Å². The van der Waals surface area contributed by atoms with Crippen molar-refractivity contribution in [3.05, 3.63) is 0 Å². The van der Waals surface area contributed by atoms with E-state index in [1.165, 1.54) is 0 Å². The number of piperidine rings is 1. The molecule has 0 aliphatic carbocycles. The Kier molecular flexibility index (Phi) is 4.54. The van der Waals surface area contributed by atoms with Crippen LogP contribution in [-0.2, 0) is 4.79 Å². The molecule has 3 N–H and O–H groups in total.